The van der Waals surface area contributed by atoms with Gasteiger partial charge in [-0.3, -0.25) is 4.79 Å². The lowest BCUT2D eigenvalue weighted by atomic mass is 10.1. The molecule has 5 heteroatoms. The van der Waals surface area contributed by atoms with Crippen LogP contribution in [0.4, 0.5) is 0 Å². The Morgan fingerprint density at radius 2 is 1.50 bits per heavy atom. The SMILES string of the molecule is CCN(CC)CCCC(C)N(Cc1ccc(OC)c(OCc2ccccc2)c1)C(=O)CCc1ccccc1. The summed E-state index contributed by atoms with van der Waals surface area (Å²) in [5.41, 5.74) is 3.33. The predicted molar refractivity (Wildman–Crippen MR) is 156 cm³/mol. The van der Waals surface area contributed by atoms with E-state index in [-0.39, 0.29) is 11.9 Å². The molecule has 0 saturated carbocycles. The van der Waals surface area contributed by atoms with Crippen molar-refractivity contribution < 1.29 is 14.3 Å². The minimum atomic E-state index is 0.143. The Morgan fingerprint density at radius 3 is 2.13 bits per heavy atom. The van der Waals surface area contributed by atoms with Crippen LogP contribution in [0.2, 0.25) is 0 Å². The smallest absolute Gasteiger partial charge is 0.223 e. The molecular formula is C33H44N2O3. The predicted octanol–water partition coefficient (Wildman–Crippen LogP) is 6.75. The molecule has 5 nitrogen and oxygen atoms in total. The number of hydrogen-bond donors (Lipinski definition) is 0. The maximum absolute atomic E-state index is 13.6. The van der Waals surface area contributed by atoms with Crippen molar-refractivity contribution in [3.63, 3.8) is 0 Å². The van der Waals surface area contributed by atoms with E-state index in [9.17, 15) is 4.79 Å². The van der Waals surface area contributed by atoms with E-state index < -0.39 is 0 Å². The van der Waals surface area contributed by atoms with Gasteiger partial charge in [0.15, 0.2) is 11.5 Å². The Kier molecular flexibility index (Phi) is 12.2. The average molecular weight is 517 g/mol. The van der Waals surface area contributed by atoms with Crippen LogP contribution in [0.25, 0.3) is 0 Å². The van der Waals surface area contributed by atoms with E-state index in [4.69, 9.17) is 9.47 Å². The normalized spacial score (nSPS) is 11.8. The van der Waals surface area contributed by atoms with E-state index in [1.54, 1.807) is 7.11 Å². The van der Waals surface area contributed by atoms with E-state index >= 15 is 0 Å². The summed E-state index contributed by atoms with van der Waals surface area (Å²) in [5, 5.41) is 0. The fraction of sp³-hybridized carbons (Fsp3) is 0.424. The van der Waals surface area contributed by atoms with Crippen LogP contribution in [-0.2, 0) is 24.4 Å². The summed E-state index contributed by atoms with van der Waals surface area (Å²) >= 11 is 0. The Bertz CT molecular complexity index is 1080. The van der Waals surface area contributed by atoms with Gasteiger partial charge in [-0.15, -0.1) is 0 Å². The molecule has 0 spiro atoms. The number of hydrogen-bond acceptors (Lipinski definition) is 4. The monoisotopic (exact) mass is 516 g/mol. The molecule has 0 fully saturated rings. The Labute approximate surface area is 229 Å². The number of rotatable bonds is 16. The molecule has 0 bridgehead atoms. The van der Waals surface area contributed by atoms with Crippen LogP contribution in [0.15, 0.2) is 78.9 Å². The molecule has 0 saturated heterocycles. The lowest BCUT2D eigenvalue weighted by Gasteiger charge is -2.31. The van der Waals surface area contributed by atoms with Gasteiger partial charge in [0.1, 0.15) is 6.61 Å². The first-order chi connectivity index (χ1) is 18.5. The van der Waals surface area contributed by atoms with Crippen LogP contribution in [-0.4, -0.2) is 48.5 Å². The molecular weight excluding hydrogens is 472 g/mol. The molecule has 0 aromatic heterocycles. The number of carbonyl (C=O) groups excluding carboxylic acids is 1. The zero-order valence-corrected chi connectivity index (χ0v) is 23.6. The zero-order valence-electron chi connectivity index (χ0n) is 23.6. The molecule has 0 aliphatic heterocycles. The molecule has 3 aromatic rings. The number of amides is 1. The largest absolute Gasteiger partial charge is 0.493 e. The van der Waals surface area contributed by atoms with Gasteiger partial charge >= 0.3 is 0 Å². The average Bonchev–Trinajstić information content (AvgIpc) is 2.96. The highest BCUT2D eigenvalue weighted by Gasteiger charge is 2.21. The van der Waals surface area contributed by atoms with Crippen molar-refractivity contribution in [3.8, 4) is 11.5 Å². The fourth-order valence-electron chi connectivity index (χ4n) is 4.70. The highest BCUT2D eigenvalue weighted by atomic mass is 16.5. The third-order valence-electron chi connectivity index (χ3n) is 7.13. The molecule has 0 heterocycles. The van der Waals surface area contributed by atoms with Gasteiger partial charge in [-0.25, -0.2) is 0 Å². The number of benzene rings is 3. The van der Waals surface area contributed by atoms with Crippen molar-refractivity contribution in [1.29, 1.82) is 0 Å². The standard InChI is InChI=1S/C33H44N2O3/c1-5-34(6-2)23-13-14-27(3)35(33(36)22-20-28-15-9-7-10-16-28)25-30-19-21-31(37-4)32(24-30)38-26-29-17-11-8-12-18-29/h7-12,15-19,21,24,27H,5-6,13-14,20,22-23,25-26H2,1-4H3. The van der Waals surface area contributed by atoms with Gasteiger partial charge in [0.2, 0.25) is 5.91 Å². The first kappa shape index (κ1) is 29.2. The number of carbonyl (C=O) groups is 1. The van der Waals surface area contributed by atoms with Crippen molar-refractivity contribution in [2.24, 2.45) is 0 Å². The van der Waals surface area contributed by atoms with Crippen molar-refractivity contribution in [2.75, 3.05) is 26.7 Å². The third kappa shape index (κ3) is 9.21. The van der Waals surface area contributed by atoms with Crippen LogP contribution in [0.3, 0.4) is 0 Å². The number of aryl methyl sites for hydroxylation is 1. The summed E-state index contributed by atoms with van der Waals surface area (Å²) in [6.07, 6.45) is 3.29. The second-order valence-electron chi connectivity index (χ2n) is 9.78. The lowest BCUT2D eigenvalue weighted by Crippen LogP contribution is -2.39. The Balaban J connectivity index is 1.73. The second-order valence-corrected chi connectivity index (χ2v) is 9.78. The number of methoxy groups -OCH3 is 1. The lowest BCUT2D eigenvalue weighted by molar-refractivity contribution is -0.134. The molecule has 0 aliphatic rings. The van der Waals surface area contributed by atoms with Gasteiger partial charge in [0.05, 0.1) is 7.11 Å². The van der Waals surface area contributed by atoms with Crippen LogP contribution in [0, 0.1) is 0 Å². The van der Waals surface area contributed by atoms with Gasteiger partial charge in [-0.1, -0.05) is 80.6 Å². The van der Waals surface area contributed by atoms with Crippen molar-refractivity contribution >= 4 is 5.91 Å². The minimum Gasteiger partial charge on any atom is -0.493 e. The van der Waals surface area contributed by atoms with Gasteiger partial charge < -0.3 is 19.3 Å². The summed E-state index contributed by atoms with van der Waals surface area (Å²) in [6.45, 7) is 10.8. The van der Waals surface area contributed by atoms with Gasteiger partial charge in [-0.2, -0.15) is 0 Å². The molecule has 0 N–H and O–H groups in total. The van der Waals surface area contributed by atoms with Crippen molar-refractivity contribution in [1.82, 2.24) is 9.80 Å². The van der Waals surface area contributed by atoms with E-state index in [2.05, 4.69) is 37.8 Å². The number of nitrogens with zero attached hydrogens (tertiary/aromatic N) is 2. The molecule has 1 atom stereocenters. The van der Waals surface area contributed by atoms with Gasteiger partial charge in [-0.05, 0) is 74.6 Å². The molecule has 1 unspecified atom stereocenters. The minimum absolute atomic E-state index is 0.143. The van der Waals surface area contributed by atoms with E-state index in [1.165, 1.54) is 5.56 Å². The van der Waals surface area contributed by atoms with Crippen LogP contribution < -0.4 is 9.47 Å². The quantitative estimate of drug-likeness (QED) is 0.211. The molecule has 3 aromatic carbocycles. The molecule has 3 rings (SSSR count). The fourth-order valence-corrected chi connectivity index (χ4v) is 4.70. The van der Waals surface area contributed by atoms with Crippen LogP contribution >= 0.6 is 0 Å². The highest BCUT2D eigenvalue weighted by Crippen LogP contribution is 2.30. The van der Waals surface area contributed by atoms with Gasteiger partial charge in [0.25, 0.3) is 0 Å². The zero-order chi connectivity index (χ0) is 27.2. The van der Waals surface area contributed by atoms with E-state index in [1.807, 2.05) is 71.6 Å². The number of ether oxygens (including phenoxy) is 2. The maximum Gasteiger partial charge on any atom is 0.223 e. The van der Waals surface area contributed by atoms with E-state index in [0.717, 1.165) is 50.0 Å². The summed E-state index contributed by atoms with van der Waals surface area (Å²) < 4.78 is 11.7. The maximum atomic E-state index is 13.6. The molecule has 204 valence electrons. The molecule has 1 amide bonds. The van der Waals surface area contributed by atoms with Crippen molar-refractivity contribution in [2.45, 2.75) is 65.6 Å². The summed E-state index contributed by atoms with van der Waals surface area (Å²) in [4.78, 5) is 18.0. The summed E-state index contributed by atoms with van der Waals surface area (Å²) in [5.74, 6) is 1.57. The first-order valence-electron chi connectivity index (χ1n) is 13.9. The third-order valence-corrected chi connectivity index (χ3v) is 7.13. The van der Waals surface area contributed by atoms with Crippen LogP contribution in [0.1, 0.15) is 56.7 Å². The van der Waals surface area contributed by atoms with Gasteiger partial charge in [0, 0.05) is 19.0 Å². The molecule has 38 heavy (non-hydrogen) atoms. The Morgan fingerprint density at radius 1 is 0.842 bits per heavy atom. The summed E-state index contributed by atoms with van der Waals surface area (Å²) in [7, 11) is 1.65. The van der Waals surface area contributed by atoms with E-state index in [0.29, 0.717) is 31.1 Å². The second kappa shape index (κ2) is 15.8. The van der Waals surface area contributed by atoms with Crippen LogP contribution in [0.5, 0.6) is 11.5 Å². The van der Waals surface area contributed by atoms with Crippen molar-refractivity contribution in [3.05, 3.63) is 95.6 Å². The first-order valence-corrected chi connectivity index (χ1v) is 13.9. The Hall–Kier alpha value is -3.31. The molecule has 0 aliphatic carbocycles. The highest BCUT2D eigenvalue weighted by molar-refractivity contribution is 5.76. The summed E-state index contributed by atoms with van der Waals surface area (Å²) in [6, 6.07) is 26.5. The molecule has 0 radical (unpaired) electrons. The topological polar surface area (TPSA) is 42.0 Å².